The summed E-state index contributed by atoms with van der Waals surface area (Å²) in [5.41, 5.74) is 0. The molecule has 3 unspecified atom stereocenters. The third-order valence-corrected chi connectivity index (χ3v) is 3.41. The topological polar surface area (TPSA) is 52.6 Å². The molecule has 0 spiro atoms. The van der Waals surface area contributed by atoms with Gasteiger partial charge in [-0.1, -0.05) is 0 Å². The number of hydrogen-bond donors (Lipinski definition) is 0. The summed E-state index contributed by atoms with van der Waals surface area (Å²) in [7, 11) is -3.28. The summed E-state index contributed by atoms with van der Waals surface area (Å²) in [6.07, 6.45) is 0.283. The number of hydrogen-bond acceptors (Lipinski definition) is 4. The highest BCUT2D eigenvalue weighted by atomic mass is 32.2. The zero-order chi connectivity index (χ0) is 8.06. The largest absolute Gasteiger partial charge is 0.371 e. The molecular weight excluding hydrogens is 168 g/mol. The molecule has 0 aromatic heterocycles. The van der Waals surface area contributed by atoms with Crippen LogP contribution in [0.3, 0.4) is 0 Å². The normalized spacial score (nSPS) is 47.5. The van der Waals surface area contributed by atoms with Gasteiger partial charge in [-0.25, -0.2) is 0 Å². The van der Waals surface area contributed by atoms with Crippen LogP contribution in [0.2, 0.25) is 0 Å². The van der Waals surface area contributed by atoms with Crippen LogP contribution in [0, 0.1) is 0 Å². The molecule has 0 radical (unpaired) electrons. The third kappa shape index (κ3) is 1.28. The smallest absolute Gasteiger partial charge is 0.270 e. The Labute approximate surface area is 65.6 Å². The van der Waals surface area contributed by atoms with E-state index in [1.807, 2.05) is 6.92 Å². The van der Waals surface area contributed by atoms with Gasteiger partial charge in [0.25, 0.3) is 10.1 Å². The molecule has 2 fully saturated rings. The second kappa shape index (κ2) is 2.18. The van der Waals surface area contributed by atoms with Crippen molar-refractivity contribution in [3.8, 4) is 0 Å². The van der Waals surface area contributed by atoms with Gasteiger partial charge in [0.2, 0.25) is 0 Å². The van der Waals surface area contributed by atoms with Crippen LogP contribution in [0.5, 0.6) is 0 Å². The SMILES string of the molecule is CC1OC2CC1OS(=O)(=O)C2. The van der Waals surface area contributed by atoms with E-state index in [0.717, 1.165) is 6.42 Å². The molecule has 0 N–H and O–H groups in total. The molecule has 0 aromatic rings. The van der Waals surface area contributed by atoms with Crippen LogP contribution in [-0.4, -0.2) is 32.5 Å². The molecule has 0 saturated carbocycles. The molecule has 2 aliphatic heterocycles. The second-order valence-corrected chi connectivity index (χ2v) is 4.70. The monoisotopic (exact) mass is 178 g/mol. The minimum Gasteiger partial charge on any atom is -0.371 e. The van der Waals surface area contributed by atoms with Gasteiger partial charge < -0.3 is 4.74 Å². The lowest BCUT2D eigenvalue weighted by atomic mass is 10.2. The summed E-state index contributed by atoms with van der Waals surface area (Å²) in [5.74, 6) is 0.0217. The average molecular weight is 178 g/mol. The highest BCUT2D eigenvalue weighted by molar-refractivity contribution is 7.86. The Morgan fingerprint density at radius 2 is 2.18 bits per heavy atom. The van der Waals surface area contributed by atoms with Gasteiger partial charge in [-0.3, -0.25) is 4.18 Å². The molecule has 11 heavy (non-hydrogen) atoms. The van der Waals surface area contributed by atoms with E-state index in [2.05, 4.69) is 0 Å². The van der Waals surface area contributed by atoms with Crippen LogP contribution in [0.25, 0.3) is 0 Å². The highest BCUT2D eigenvalue weighted by Crippen LogP contribution is 2.30. The predicted molar refractivity (Wildman–Crippen MR) is 37.6 cm³/mol. The Morgan fingerprint density at radius 1 is 1.45 bits per heavy atom. The predicted octanol–water partition coefficient (Wildman–Crippen LogP) is -0.108. The molecule has 5 heteroatoms. The summed E-state index contributed by atoms with van der Waals surface area (Å²) in [6.45, 7) is 1.84. The highest BCUT2D eigenvalue weighted by Gasteiger charge is 2.43. The molecule has 2 aliphatic rings. The number of ether oxygens (including phenoxy) is 1. The number of fused-ring (bicyclic) bond motifs is 2. The summed E-state index contributed by atoms with van der Waals surface area (Å²) in [5, 5.41) is 0. The first-order valence-corrected chi connectivity index (χ1v) is 5.21. The van der Waals surface area contributed by atoms with E-state index in [0.29, 0.717) is 0 Å². The average Bonchev–Trinajstić information content (AvgIpc) is 2.05. The zero-order valence-electron chi connectivity index (χ0n) is 6.19. The first kappa shape index (κ1) is 7.52. The van der Waals surface area contributed by atoms with E-state index >= 15 is 0 Å². The molecule has 3 atom stereocenters. The van der Waals surface area contributed by atoms with Gasteiger partial charge in [0.15, 0.2) is 0 Å². The van der Waals surface area contributed by atoms with Crippen molar-refractivity contribution in [3.05, 3.63) is 0 Å². The summed E-state index contributed by atoms with van der Waals surface area (Å²) >= 11 is 0. The van der Waals surface area contributed by atoms with Gasteiger partial charge in [0.1, 0.15) is 11.9 Å². The molecule has 2 saturated heterocycles. The van der Waals surface area contributed by atoms with E-state index in [4.69, 9.17) is 8.92 Å². The number of rotatable bonds is 0. The Hall–Kier alpha value is -0.130. The van der Waals surface area contributed by atoms with Crippen molar-refractivity contribution < 1.29 is 17.3 Å². The van der Waals surface area contributed by atoms with E-state index < -0.39 is 10.1 Å². The maximum atomic E-state index is 11.0. The van der Waals surface area contributed by atoms with Crippen molar-refractivity contribution in [2.24, 2.45) is 0 Å². The van der Waals surface area contributed by atoms with Gasteiger partial charge in [-0.2, -0.15) is 8.42 Å². The van der Waals surface area contributed by atoms with Crippen LogP contribution >= 0.6 is 0 Å². The molecule has 64 valence electrons. The molecule has 0 amide bonds. The van der Waals surface area contributed by atoms with Crippen molar-refractivity contribution >= 4 is 10.1 Å². The summed E-state index contributed by atoms with van der Waals surface area (Å²) < 4.78 is 32.1. The van der Waals surface area contributed by atoms with Crippen LogP contribution in [-0.2, 0) is 19.0 Å². The molecular formula is C6H10O4S. The Balaban J connectivity index is 2.25. The fourth-order valence-electron chi connectivity index (χ4n) is 1.58. The third-order valence-electron chi connectivity index (χ3n) is 2.09. The standard InChI is InChI=1S/C6H10O4S/c1-4-6-2-5(9-4)3-11(7,8)10-6/h4-6H,2-3H2,1H3. The van der Waals surface area contributed by atoms with Gasteiger partial charge >= 0.3 is 0 Å². The van der Waals surface area contributed by atoms with E-state index in [-0.39, 0.29) is 24.1 Å². The van der Waals surface area contributed by atoms with Gasteiger partial charge in [0, 0.05) is 6.42 Å². The molecule has 2 rings (SSSR count). The van der Waals surface area contributed by atoms with Gasteiger partial charge in [-0.15, -0.1) is 0 Å². The minimum atomic E-state index is -3.28. The quantitative estimate of drug-likeness (QED) is 0.486. The van der Waals surface area contributed by atoms with E-state index in [1.165, 1.54) is 0 Å². The Kier molecular flexibility index (Phi) is 1.49. The second-order valence-electron chi connectivity index (χ2n) is 3.06. The maximum absolute atomic E-state index is 11.0. The first-order valence-electron chi connectivity index (χ1n) is 3.63. The minimum absolute atomic E-state index is 0.0217. The van der Waals surface area contributed by atoms with Crippen molar-refractivity contribution in [1.82, 2.24) is 0 Å². The lowest BCUT2D eigenvalue weighted by molar-refractivity contribution is 0.0511. The molecule has 2 bridgehead atoms. The van der Waals surface area contributed by atoms with E-state index in [9.17, 15) is 8.42 Å². The van der Waals surface area contributed by atoms with E-state index in [1.54, 1.807) is 0 Å². The lowest BCUT2D eigenvalue weighted by Gasteiger charge is -2.17. The van der Waals surface area contributed by atoms with Crippen molar-refractivity contribution in [2.45, 2.75) is 31.7 Å². The Bertz CT molecular complexity index is 256. The van der Waals surface area contributed by atoms with Crippen molar-refractivity contribution in [3.63, 3.8) is 0 Å². The fourth-order valence-corrected chi connectivity index (χ4v) is 2.94. The van der Waals surface area contributed by atoms with Crippen LogP contribution in [0.1, 0.15) is 13.3 Å². The first-order chi connectivity index (χ1) is 5.07. The van der Waals surface area contributed by atoms with Crippen LogP contribution < -0.4 is 0 Å². The molecule has 0 aliphatic carbocycles. The van der Waals surface area contributed by atoms with Crippen molar-refractivity contribution in [2.75, 3.05) is 5.75 Å². The van der Waals surface area contributed by atoms with Gasteiger partial charge in [-0.05, 0) is 6.92 Å². The van der Waals surface area contributed by atoms with Crippen molar-refractivity contribution in [1.29, 1.82) is 0 Å². The summed E-state index contributed by atoms with van der Waals surface area (Å²) in [6, 6.07) is 0. The molecule has 2 heterocycles. The molecule has 4 nitrogen and oxygen atoms in total. The maximum Gasteiger partial charge on any atom is 0.270 e. The van der Waals surface area contributed by atoms with Gasteiger partial charge in [0.05, 0.1) is 12.2 Å². The molecule has 0 aromatic carbocycles. The van der Waals surface area contributed by atoms with Crippen LogP contribution in [0.15, 0.2) is 0 Å². The summed E-state index contributed by atoms with van der Waals surface area (Å²) in [4.78, 5) is 0. The zero-order valence-corrected chi connectivity index (χ0v) is 7.00. The van der Waals surface area contributed by atoms with Crippen LogP contribution in [0.4, 0.5) is 0 Å². The lowest BCUT2D eigenvalue weighted by Crippen LogP contribution is -2.31. The fraction of sp³-hybridized carbons (Fsp3) is 1.00. The Morgan fingerprint density at radius 3 is 2.82 bits per heavy atom.